The predicted octanol–water partition coefficient (Wildman–Crippen LogP) is 5.30. The molecule has 32 heavy (non-hydrogen) atoms. The number of para-hydroxylation sites is 2. The van der Waals surface area contributed by atoms with E-state index in [0.29, 0.717) is 0 Å². The van der Waals surface area contributed by atoms with Gasteiger partial charge in [0.1, 0.15) is 34.6 Å². The van der Waals surface area contributed by atoms with Crippen LogP contribution in [0.5, 0.6) is 0 Å². The van der Waals surface area contributed by atoms with Gasteiger partial charge >= 0.3 is 11.9 Å². The fourth-order valence-electron chi connectivity index (χ4n) is 2.87. The second-order valence-corrected chi connectivity index (χ2v) is 6.37. The van der Waals surface area contributed by atoms with Gasteiger partial charge in [-0.2, -0.15) is 0 Å². The zero-order valence-electron chi connectivity index (χ0n) is 16.8. The monoisotopic (exact) mass is 448 g/mol. The van der Waals surface area contributed by atoms with Crippen LogP contribution in [0.25, 0.3) is 0 Å². The van der Waals surface area contributed by atoms with Gasteiger partial charge in [-0.15, -0.1) is 0 Å². The van der Waals surface area contributed by atoms with E-state index in [2.05, 4.69) is 10.6 Å². The lowest BCUT2D eigenvalue weighted by molar-refractivity contribution is 0.0588. The Kier molecular flexibility index (Phi) is 6.62. The van der Waals surface area contributed by atoms with E-state index in [9.17, 15) is 27.2 Å². The summed E-state index contributed by atoms with van der Waals surface area (Å²) in [5.74, 6) is -5.74. The van der Waals surface area contributed by atoms with Crippen LogP contribution < -0.4 is 10.6 Å². The number of hydrogen-bond donors (Lipinski definition) is 2. The number of ether oxygens (including phenoxy) is 2. The standard InChI is InChI=1S/C22H16F4N2O4/c1-31-21(29)11-9-18(28-20-15(25)7-4-8-16(20)26)12(22(30)32-2)10-17(11)27-19-13(23)5-3-6-14(19)24/h3-10,27-28H,1-2H3. The van der Waals surface area contributed by atoms with E-state index in [1.54, 1.807) is 0 Å². The third kappa shape index (κ3) is 4.48. The first-order chi connectivity index (χ1) is 15.3. The van der Waals surface area contributed by atoms with Gasteiger partial charge in [-0.1, -0.05) is 12.1 Å². The van der Waals surface area contributed by atoms with E-state index >= 15 is 0 Å². The highest BCUT2D eigenvalue weighted by Gasteiger charge is 2.23. The average molecular weight is 448 g/mol. The maximum Gasteiger partial charge on any atom is 0.340 e. The van der Waals surface area contributed by atoms with Crippen molar-refractivity contribution in [2.24, 2.45) is 0 Å². The van der Waals surface area contributed by atoms with Crippen molar-refractivity contribution in [3.05, 3.63) is 82.9 Å². The molecule has 0 aliphatic carbocycles. The number of carbonyl (C=O) groups is 2. The van der Waals surface area contributed by atoms with Crippen LogP contribution in [0.1, 0.15) is 20.7 Å². The van der Waals surface area contributed by atoms with Crippen LogP contribution in [0.15, 0.2) is 48.5 Å². The molecule has 0 radical (unpaired) electrons. The summed E-state index contributed by atoms with van der Waals surface area (Å²) in [4.78, 5) is 24.7. The van der Waals surface area contributed by atoms with Gasteiger partial charge in [0.25, 0.3) is 0 Å². The number of carbonyl (C=O) groups excluding carboxylic acids is 2. The van der Waals surface area contributed by atoms with Gasteiger partial charge in [0, 0.05) is 0 Å². The molecule has 6 nitrogen and oxygen atoms in total. The van der Waals surface area contributed by atoms with Crippen LogP contribution in [-0.4, -0.2) is 26.2 Å². The quantitative estimate of drug-likeness (QED) is 0.394. The summed E-state index contributed by atoms with van der Waals surface area (Å²) in [6.45, 7) is 0. The lowest BCUT2D eigenvalue weighted by atomic mass is 10.0. The number of rotatable bonds is 6. The second kappa shape index (κ2) is 9.38. The lowest BCUT2D eigenvalue weighted by Crippen LogP contribution is -2.13. The number of anilines is 4. The van der Waals surface area contributed by atoms with E-state index in [-0.39, 0.29) is 22.5 Å². The molecule has 0 saturated carbocycles. The summed E-state index contributed by atoms with van der Waals surface area (Å²) in [7, 11) is 2.13. The smallest absolute Gasteiger partial charge is 0.340 e. The molecule has 0 heterocycles. The van der Waals surface area contributed by atoms with Crippen LogP contribution in [0.2, 0.25) is 0 Å². The molecule has 0 aliphatic heterocycles. The van der Waals surface area contributed by atoms with Crippen LogP contribution in [0.3, 0.4) is 0 Å². The van der Waals surface area contributed by atoms with E-state index in [1.807, 2.05) is 0 Å². The number of esters is 2. The highest BCUT2D eigenvalue weighted by atomic mass is 19.1. The molecule has 0 fully saturated rings. The molecule has 0 aromatic heterocycles. The molecule has 0 atom stereocenters. The van der Waals surface area contributed by atoms with Gasteiger partial charge in [0.15, 0.2) is 0 Å². The third-order valence-corrected chi connectivity index (χ3v) is 4.41. The maximum atomic E-state index is 14.1. The summed E-state index contributed by atoms with van der Waals surface area (Å²) < 4.78 is 65.9. The fourth-order valence-corrected chi connectivity index (χ4v) is 2.87. The van der Waals surface area contributed by atoms with Gasteiger partial charge in [-0.3, -0.25) is 0 Å². The van der Waals surface area contributed by atoms with Crippen molar-refractivity contribution in [2.75, 3.05) is 24.9 Å². The first-order valence-electron chi connectivity index (χ1n) is 9.03. The Morgan fingerprint density at radius 1 is 0.656 bits per heavy atom. The first kappa shape index (κ1) is 22.6. The molecule has 3 rings (SSSR count). The SMILES string of the molecule is COC(=O)c1cc(Nc2c(F)cccc2F)c(C(=O)OC)cc1Nc1c(F)cccc1F. The molecular weight excluding hydrogens is 432 g/mol. The van der Waals surface area contributed by atoms with Gasteiger partial charge in [-0.25, -0.2) is 27.2 Å². The van der Waals surface area contributed by atoms with Gasteiger partial charge in [0.2, 0.25) is 0 Å². The zero-order valence-corrected chi connectivity index (χ0v) is 16.8. The molecule has 3 aromatic rings. The van der Waals surface area contributed by atoms with Gasteiger partial charge in [0.05, 0.1) is 36.7 Å². The van der Waals surface area contributed by atoms with Crippen molar-refractivity contribution in [1.29, 1.82) is 0 Å². The normalized spacial score (nSPS) is 10.4. The summed E-state index contributed by atoms with van der Waals surface area (Å²) in [5.41, 5.74) is -2.14. The Labute approximate surface area is 179 Å². The zero-order chi connectivity index (χ0) is 23.4. The Hall–Kier alpha value is -4.08. The van der Waals surface area contributed by atoms with Crippen LogP contribution in [0.4, 0.5) is 40.3 Å². The largest absolute Gasteiger partial charge is 0.465 e. The molecule has 0 spiro atoms. The van der Waals surface area contributed by atoms with Crippen molar-refractivity contribution < 1.29 is 36.6 Å². The van der Waals surface area contributed by atoms with Crippen molar-refractivity contribution >= 4 is 34.7 Å². The highest BCUT2D eigenvalue weighted by Crippen LogP contribution is 2.33. The fraction of sp³-hybridized carbons (Fsp3) is 0.0909. The average Bonchev–Trinajstić information content (AvgIpc) is 2.78. The maximum absolute atomic E-state index is 14.1. The van der Waals surface area contributed by atoms with E-state index < -0.39 is 46.6 Å². The molecule has 0 saturated heterocycles. The molecule has 2 N–H and O–H groups in total. The number of methoxy groups -OCH3 is 2. The predicted molar refractivity (Wildman–Crippen MR) is 108 cm³/mol. The first-order valence-corrected chi connectivity index (χ1v) is 9.03. The number of benzene rings is 3. The van der Waals surface area contributed by atoms with E-state index in [4.69, 9.17) is 9.47 Å². The minimum atomic E-state index is -0.962. The van der Waals surface area contributed by atoms with Crippen LogP contribution in [-0.2, 0) is 9.47 Å². The summed E-state index contributed by atoms with van der Waals surface area (Å²) in [5, 5.41) is 4.85. The molecule has 0 aliphatic rings. The van der Waals surface area contributed by atoms with Crippen molar-refractivity contribution in [3.8, 4) is 0 Å². The van der Waals surface area contributed by atoms with Gasteiger partial charge < -0.3 is 20.1 Å². The van der Waals surface area contributed by atoms with Crippen LogP contribution >= 0.6 is 0 Å². The third-order valence-electron chi connectivity index (χ3n) is 4.41. The van der Waals surface area contributed by atoms with E-state index in [1.165, 1.54) is 0 Å². The molecule has 0 amide bonds. The summed E-state index contributed by atoms with van der Waals surface area (Å²) in [6, 6.07) is 8.33. The molecule has 3 aromatic carbocycles. The Balaban J connectivity index is 2.20. The molecule has 166 valence electrons. The Morgan fingerprint density at radius 2 is 0.969 bits per heavy atom. The molecule has 0 unspecified atom stereocenters. The molecule has 10 heteroatoms. The minimum Gasteiger partial charge on any atom is -0.465 e. The minimum absolute atomic E-state index is 0.208. The van der Waals surface area contributed by atoms with Crippen molar-refractivity contribution in [1.82, 2.24) is 0 Å². The summed E-state index contributed by atoms with van der Waals surface area (Å²) >= 11 is 0. The molecular formula is C22H16F4N2O4. The Bertz CT molecular complexity index is 1070. The number of hydrogen-bond acceptors (Lipinski definition) is 6. The second-order valence-electron chi connectivity index (χ2n) is 6.37. The van der Waals surface area contributed by atoms with Gasteiger partial charge in [-0.05, 0) is 36.4 Å². The lowest BCUT2D eigenvalue weighted by Gasteiger charge is -2.18. The van der Waals surface area contributed by atoms with Crippen LogP contribution in [0, 0.1) is 23.3 Å². The summed E-state index contributed by atoms with van der Waals surface area (Å²) in [6.07, 6.45) is 0. The topological polar surface area (TPSA) is 76.7 Å². The van der Waals surface area contributed by atoms with Crippen molar-refractivity contribution in [2.45, 2.75) is 0 Å². The number of nitrogens with one attached hydrogen (secondary N) is 2. The van der Waals surface area contributed by atoms with Crippen molar-refractivity contribution in [3.63, 3.8) is 0 Å². The Morgan fingerprint density at radius 3 is 1.25 bits per heavy atom. The molecule has 0 bridgehead atoms. The number of halogens is 4. The highest BCUT2D eigenvalue weighted by molar-refractivity contribution is 6.04. The van der Waals surface area contributed by atoms with E-state index in [0.717, 1.165) is 62.8 Å².